The van der Waals surface area contributed by atoms with Crippen LogP contribution in [0.1, 0.15) is 51.4 Å². The molecule has 1 atom stereocenters. The van der Waals surface area contributed by atoms with E-state index in [9.17, 15) is 9.59 Å². The van der Waals surface area contributed by atoms with Crippen molar-refractivity contribution in [1.29, 1.82) is 0 Å². The molecular formula is C33H31N5O3. The number of carbonyl (C=O) groups excluding carboxylic acids is 2. The molecule has 0 unspecified atom stereocenters. The minimum absolute atomic E-state index is 0.285. The number of anilines is 1. The molecule has 2 aromatic heterocycles. The number of amides is 2. The first-order chi connectivity index (χ1) is 20.0. The molecule has 206 valence electrons. The van der Waals surface area contributed by atoms with Gasteiger partial charge in [0.05, 0.1) is 42.3 Å². The van der Waals surface area contributed by atoms with Crippen LogP contribution in [-0.4, -0.2) is 38.4 Å². The highest BCUT2D eigenvalue weighted by Gasteiger charge is 2.36. The molecule has 2 amide bonds. The van der Waals surface area contributed by atoms with Crippen molar-refractivity contribution in [2.24, 2.45) is 0 Å². The van der Waals surface area contributed by atoms with E-state index in [0.29, 0.717) is 24.2 Å². The zero-order valence-corrected chi connectivity index (χ0v) is 23.2. The van der Waals surface area contributed by atoms with Gasteiger partial charge in [0, 0.05) is 17.4 Å². The molecule has 1 aliphatic heterocycles. The number of aromatic nitrogens is 3. The highest BCUT2D eigenvalue weighted by molar-refractivity contribution is 5.94. The van der Waals surface area contributed by atoms with Gasteiger partial charge in [0.25, 0.3) is 0 Å². The summed E-state index contributed by atoms with van der Waals surface area (Å²) in [5.41, 5.74) is 6.83. The first-order valence-corrected chi connectivity index (χ1v) is 13.6. The lowest BCUT2D eigenvalue weighted by Gasteiger charge is -2.31. The zero-order chi connectivity index (χ0) is 28.5. The van der Waals surface area contributed by atoms with E-state index in [0.717, 1.165) is 39.6 Å². The summed E-state index contributed by atoms with van der Waals surface area (Å²) in [7, 11) is 1.34. The Morgan fingerprint density at radius 2 is 1.76 bits per heavy atom. The van der Waals surface area contributed by atoms with E-state index in [1.807, 2.05) is 52.2 Å². The van der Waals surface area contributed by atoms with Gasteiger partial charge in [-0.05, 0) is 61.4 Å². The summed E-state index contributed by atoms with van der Waals surface area (Å²) in [6, 6.07) is 28.5. The van der Waals surface area contributed by atoms with Gasteiger partial charge in [-0.25, -0.2) is 14.3 Å². The average molecular weight is 546 g/mol. The predicted octanol–water partition coefficient (Wildman–Crippen LogP) is 6.46. The van der Waals surface area contributed by atoms with Crippen LogP contribution in [0.3, 0.4) is 0 Å². The fourth-order valence-electron chi connectivity index (χ4n) is 5.48. The number of nitrogens with zero attached hydrogens (tertiary/aromatic N) is 4. The van der Waals surface area contributed by atoms with Crippen molar-refractivity contribution in [1.82, 2.24) is 19.2 Å². The van der Waals surface area contributed by atoms with Gasteiger partial charge in [-0.3, -0.25) is 0 Å². The van der Waals surface area contributed by atoms with Crippen molar-refractivity contribution in [3.63, 3.8) is 0 Å². The van der Waals surface area contributed by atoms with Gasteiger partial charge in [-0.1, -0.05) is 61.0 Å². The Balaban J connectivity index is 1.51. The van der Waals surface area contributed by atoms with Crippen LogP contribution in [-0.2, 0) is 17.7 Å². The number of rotatable bonds is 5. The third-order valence-corrected chi connectivity index (χ3v) is 7.49. The molecule has 8 nitrogen and oxygen atoms in total. The summed E-state index contributed by atoms with van der Waals surface area (Å²) in [5, 5.41) is 8.06. The monoisotopic (exact) mass is 545 g/mol. The van der Waals surface area contributed by atoms with Crippen molar-refractivity contribution in [2.75, 3.05) is 12.4 Å². The maximum Gasteiger partial charge on any atom is 0.337 e. The van der Waals surface area contributed by atoms with Gasteiger partial charge in [-0.15, -0.1) is 0 Å². The van der Waals surface area contributed by atoms with Gasteiger partial charge in [0.1, 0.15) is 5.82 Å². The van der Waals surface area contributed by atoms with Gasteiger partial charge in [0.2, 0.25) is 0 Å². The lowest BCUT2D eigenvalue weighted by Crippen LogP contribution is -2.38. The molecule has 8 heteroatoms. The Hall–Kier alpha value is -5.11. The minimum atomic E-state index is -0.461. The molecule has 0 bridgehead atoms. The summed E-state index contributed by atoms with van der Waals surface area (Å²) in [6.45, 7) is 4.48. The molecule has 0 radical (unpaired) electrons. The van der Waals surface area contributed by atoms with Crippen LogP contribution in [0.4, 0.5) is 10.5 Å². The number of ether oxygens (including phenoxy) is 1. The average Bonchev–Trinajstić information content (AvgIpc) is 3.59. The highest BCUT2D eigenvalue weighted by Crippen LogP contribution is 2.39. The third-order valence-electron chi connectivity index (χ3n) is 7.49. The zero-order valence-electron chi connectivity index (χ0n) is 23.2. The van der Waals surface area contributed by atoms with E-state index in [4.69, 9.17) is 9.84 Å². The molecule has 3 aromatic carbocycles. The maximum atomic E-state index is 14.2. The van der Waals surface area contributed by atoms with E-state index in [2.05, 4.69) is 54.1 Å². The minimum Gasteiger partial charge on any atom is -0.465 e. The van der Waals surface area contributed by atoms with Crippen LogP contribution < -0.4 is 5.32 Å². The molecule has 5 aromatic rings. The Kier molecular flexibility index (Phi) is 6.89. The van der Waals surface area contributed by atoms with Crippen LogP contribution in [0, 0.1) is 6.92 Å². The fraction of sp³-hybridized carbons (Fsp3) is 0.182. The molecule has 0 spiro atoms. The van der Waals surface area contributed by atoms with Crippen LogP contribution >= 0.6 is 0 Å². The van der Waals surface area contributed by atoms with Gasteiger partial charge < -0.3 is 19.5 Å². The Morgan fingerprint density at radius 1 is 0.976 bits per heavy atom. The number of carbonyl (C=O) groups is 2. The molecule has 1 aliphatic rings. The normalized spacial score (nSPS) is 14.1. The number of urea groups is 1. The maximum absolute atomic E-state index is 14.2. The van der Waals surface area contributed by atoms with E-state index < -0.39 is 5.97 Å². The number of hydrogen-bond acceptors (Lipinski definition) is 4. The predicted molar refractivity (Wildman–Crippen MR) is 158 cm³/mol. The number of benzene rings is 3. The fourth-order valence-corrected chi connectivity index (χ4v) is 5.48. The number of methoxy groups -OCH3 is 1. The van der Waals surface area contributed by atoms with Crippen LogP contribution in [0.15, 0.2) is 97.2 Å². The Bertz CT molecular complexity index is 1720. The van der Waals surface area contributed by atoms with Crippen molar-refractivity contribution in [2.45, 2.75) is 32.9 Å². The van der Waals surface area contributed by atoms with Crippen molar-refractivity contribution < 1.29 is 14.3 Å². The molecule has 6 rings (SSSR count). The molecule has 3 heterocycles. The smallest absolute Gasteiger partial charge is 0.337 e. The highest BCUT2D eigenvalue weighted by atomic mass is 16.5. The standard InChI is InChI=1S/C33H31N5O3/c1-4-28-27-21-37(33(40)34-25-11-8-10-24(20-25)32(39)41-3)30(23-17-15-22(2)16-18-23)29-14-9-19-36(29)31(27)38(35-28)26-12-6-5-7-13-26/h5-20,30H,4,21H2,1-3H3,(H,34,40)/t30-/m1/s1. The number of fused-ring (bicyclic) bond motifs is 3. The van der Waals surface area contributed by atoms with E-state index in [-0.39, 0.29) is 12.1 Å². The van der Waals surface area contributed by atoms with Crippen LogP contribution in [0.25, 0.3) is 11.5 Å². The van der Waals surface area contributed by atoms with E-state index >= 15 is 0 Å². The Labute approximate surface area is 238 Å². The molecule has 0 aliphatic carbocycles. The SMILES string of the molecule is CCc1nn(-c2ccccc2)c2c1CN(C(=O)Nc1cccc(C(=O)OC)c1)[C@H](c1ccc(C)cc1)c1cccn1-2. The second kappa shape index (κ2) is 10.8. The number of esters is 1. The first kappa shape index (κ1) is 26.1. The summed E-state index contributed by atoms with van der Waals surface area (Å²) >= 11 is 0. The van der Waals surface area contributed by atoms with Crippen LogP contribution in [0.5, 0.6) is 0 Å². The number of aryl methyl sites for hydroxylation is 2. The second-order valence-corrected chi connectivity index (χ2v) is 10.1. The first-order valence-electron chi connectivity index (χ1n) is 13.6. The van der Waals surface area contributed by atoms with Gasteiger partial charge in [-0.2, -0.15) is 5.10 Å². The van der Waals surface area contributed by atoms with E-state index in [1.165, 1.54) is 7.11 Å². The molecular weight excluding hydrogens is 514 g/mol. The Morgan fingerprint density at radius 3 is 2.49 bits per heavy atom. The van der Waals surface area contributed by atoms with Crippen LogP contribution in [0.2, 0.25) is 0 Å². The lowest BCUT2D eigenvalue weighted by molar-refractivity contribution is 0.0600. The molecule has 41 heavy (non-hydrogen) atoms. The summed E-state index contributed by atoms with van der Waals surface area (Å²) < 4.78 is 9.01. The van der Waals surface area contributed by atoms with Gasteiger partial charge >= 0.3 is 12.0 Å². The van der Waals surface area contributed by atoms with E-state index in [1.54, 1.807) is 24.3 Å². The quantitative estimate of drug-likeness (QED) is 0.257. The molecule has 0 fully saturated rings. The number of nitrogens with one attached hydrogen (secondary N) is 1. The third kappa shape index (κ3) is 4.78. The summed E-state index contributed by atoms with van der Waals surface area (Å²) in [5.74, 6) is 0.463. The molecule has 0 saturated carbocycles. The largest absolute Gasteiger partial charge is 0.465 e. The number of para-hydroxylation sites is 1. The topological polar surface area (TPSA) is 81.4 Å². The lowest BCUT2D eigenvalue weighted by atomic mass is 10.0. The number of hydrogen-bond donors (Lipinski definition) is 1. The molecule has 1 N–H and O–H groups in total. The summed E-state index contributed by atoms with van der Waals surface area (Å²) in [6.07, 6.45) is 2.75. The molecule has 0 saturated heterocycles. The van der Waals surface area contributed by atoms with Gasteiger partial charge in [0.15, 0.2) is 0 Å². The van der Waals surface area contributed by atoms with Crippen molar-refractivity contribution >= 4 is 17.7 Å². The second-order valence-electron chi connectivity index (χ2n) is 10.1. The van der Waals surface area contributed by atoms with Crippen molar-refractivity contribution in [3.8, 4) is 11.5 Å². The van der Waals surface area contributed by atoms with Crippen molar-refractivity contribution in [3.05, 3.63) is 131 Å². The summed E-state index contributed by atoms with van der Waals surface area (Å²) in [4.78, 5) is 28.2.